The van der Waals surface area contributed by atoms with Crippen LogP contribution in [0.2, 0.25) is 0 Å². The SMILES string of the molecule is CCCNC(C1=COCCC1)C1CCN(C(=O)OC(C)(C)C)C1. The summed E-state index contributed by atoms with van der Waals surface area (Å²) in [5, 5.41) is 3.66. The predicted molar refractivity (Wildman–Crippen MR) is 91.3 cm³/mol. The molecule has 1 fully saturated rings. The highest BCUT2D eigenvalue weighted by Gasteiger charge is 2.35. The number of likely N-dealkylation sites (tertiary alicyclic amines) is 1. The van der Waals surface area contributed by atoms with Crippen molar-refractivity contribution in [2.75, 3.05) is 26.2 Å². The minimum Gasteiger partial charge on any atom is -0.501 e. The lowest BCUT2D eigenvalue weighted by Gasteiger charge is -2.29. The minimum absolute atomic E-state index is 0.192. The van der Waals surface area contributed by atoms with Gasteiger partial charge in [0.1, 0.15) is 5.60 Å². The molecule has 0 bridgehead atoms. The molecular formula is C18H32N2O3. The van der Waals surface area contributed by atoms with E-state index in [4.69, 9.17) is 9.47 Å². The average molecular weight is 324 g/mol. The molecule has 0 aromatic carbocycles. The van der Waals surface area contributed by atoms with Crippen LogP contribution in [0.1, 0.15) is 53.4 Å². The maximum atomic E-state index is 12.3. The molecule has 2 rings (SSSR count). The predicted octanol–water partition coefficient (Wildman–Crippen LogP) is 3.31. The van der Waals surface area contributed by atoms with Crippen molar-refractivity contribution in [1.82, 2.24) is 10.2 Å². The monoisotopic (exact) mass is 324 g/mol. The Morgan fingerprint density at radius 1 is 1.52 bits per heavy atom. The van der Waals surface area contributed by atoms with Gasteiger partial charge >= 0.3 is 6.09 Å². The Balaban J connectivity index is 1.97. The molecule has 2 heterocycles. The first-order chi connectivity index (χ1) is 10.9. The first-order valence-electron chi connectivity index (χ1n) is 8.92. The van der Waals surface area contributed by atoms with E-state index in [1.54, 1.807) is 0 Å². The van der Waals surface area contributed by atoms with E-state index in [9.17, 15) is 4.79 Å². The Bertz CT molecular complexity index is 428. The lowest BCUT2D eigenvalue weighted by Crippen LogP contribution is -2.41. The molecule has 2 aliphatic heterocycles. The molecule has 2 atom stereocenters. The average Bonchev–Trinajstić information content (AvgIpc) is 2.97. The van der Waals surface area contributed by atoms with Crippen LogP contribution in [0.15, 0.2) is 11.8 Å². The van der Waals surface area contributed by atoms with E-state index >= 15 is 0 Å². The number of nitrogens with one attached hydrogen (secondary N) is 1. The number of hydrogen-bond donors (Lipinski definition) is 1. The second-order valence-electron chi connectivity index (χ2n) is 7.57. The largest absolute Gasteiger partial charge is 0.501 e. The maximum Gasteiger partial charge on any atom is 0.410 e. The number of rotatable bonds is 5. The second kappa shape index (κ2) is 8.04. The van der Waals surface area contributed by atoms with Crippen molar-refractivity contribution < 1.29 is 14.3 Å². The molecule has 2 aliphatic rings. The highest BCUT2D eigenvalue weighted by molar-refractivity contribution is 5.68. The molecule has 1 saturated heterocycles. The Morgan fingerprint density at radius 3 is 2.91 bits per heavy atom. The van der Waals surface area contributed by atoms with Crippen LogP contribution < -0.4 is 5.32 Å². The smallest absolute Gasteiger partial charge is 0.410 e. The first kappa shape index (κ1) is 18.1. The second-order valence-corrected chi connectivity index (χ2v) is 7.57. The van der Waals surface area contributed by atoms with Crippen LogP contribution in [-0.2, 0) is 9.47 Å². The van der Waals surface area contributed by atoms with Gasteiger partial charge in [-0.2, -0.15) is 0 Å². The molecule has 0 spiro atoms. The van der Waals surface area contributed by atoms with Gasteiger partial charge in [0, 0.05) is 19.1 Å². The third-order valence-corrected chi connectivity index (χ3v) is 4.32. The van der Waals surface area contributed by atoms with Crippen LogP contribution in [0, 0.1) is 5.92 Å². The number of nitrogens with zero attached hydrogens (tertiary/aromatic N) is 1. The minimum atomic E-state index is -0.436. The normalized spacial score (nSPS) is 23.2. The van der Waals surface area contributed by atoms with E-state index in [0.29, 0.717) is 12.0 Å². The zero-order valence-electron chi connectivity index (χ0n) is 15.1. The summed E-state index contributed by atoms with van der Waals surface area (Å²) in [6.45, 7) is 11.3. The van der Waals surface area contributed by atoms with Crippen molar-refractivity contribution in [1.29, 1.82) is 0 Å². The number of ether oxygens (including phenoxy) is 2. The van der Waals surface area contributed by atoms with E-state index in [2.05, 4.69) is 12.2 Å². The molecule has 0 aromatic heterocycles. The zero-order chi connectivity index (χ0) is 16.9. The van der Waals surface area contributed by atoms with Crippen LogP contribution in [0.3, 0.4) is 0 Å². The summed E-state index contributed by atoms with van der Waals surface area (Å²) < 4.78 is 11.0. The summed E-state index contributed by atoms with van der Waals surface area (Å²) in [7, 11) is 0. The maximum absolute atomic E-state index is 12.3. The van der Waals surface area contributed by atoms with Gasteiger partial charge in [-0.05, 0) is 64.5 Å². The molecule has 1 amide bonds. The van der Waals surface area contributed by atoms with Gasteiger partial charge in [0.05, 0.1) is 12.9 Å². The molecule has 2 unspecified atom stereocenters. The lowest BCUT2D eigenvalue weighted by atomic mass is 9.89. The van der Waals surface area contributed by atoms with Gasteiger partial charge in [-0.25, -0.2) is 4.79 Å². The van der Waals surface area contributed by atoms with E-state index in [-0.39, 0.29) is 6.09 Å². The molecule has 0 aromatic rings. The molecule has 0 radical (unpaired) electrons. The fourth-order valence-electron chi connectivity index (χ4n) is 3.27. The molecule has 132 valence electrons. The van der Waals surface area contributed by atoms with E-state index in [1.807, 2.05) is 31.9 Å². The molecule has 0 aliphatic carbocycles. The summed E-state index contributed by atoms with van der Waals surface area (Å²) in [4.78, 5) is 14.1. The molecular weight excluding hydrogens is 292 g/mol. The fourth-order valence-corrected chi connectivity index (χ4v) is 3.27. The van der Waals surface area contributed by atoms with Gasteiger partial charge in [0.15, 0.2) is 0 Å². The summed E-state index contributed by atoms with van der Waals surface area (Å²) >= 11 is 0. The number of amides is 1. The van der Waals surface area contributed by atoms with Crippen LogP contribution in [0.4, 0.5) is 4.79 Å². The Morgan fingerprint density at radius 2 is 2.30 bits per heavy atom. The van der Waals surface area contributed by atoms with Crippen molar-refractivity contribution in [2.24, 2.45) is 5.92 Å². The standard InChI is InChI=1S/C18H32N2O3/c1-5-9-19-16(15-7-6-11-22-13-15)14-8-10-20(12-14)17(21)23-18(2,3)4/h13-14,16,19H,5-12H2,1-4H3. The molecule has 1 N–H and O–H groups in total. The molecule has 0 saturated carbocycles. The summed E-state index contributed by atoms with van der Waals surface area (Å²) in [6, 6.07) is 0.308. The fraction of sp³-hybridized carbons (Fsp3) is 0.833. The van der Waals surface area contributed by atoms with E-state index in [1.165, 1.54) is 5.57 Å². The van der Waals surface area contributed by atoms with Gasteiger partial charge in [0.25, 0.3) is 0 Å². The van der Waals surface area contributed by atoms with Crippen LogP contribution in [0.25, 0.3) is 0 Å². The summed E-state index contributed by atoms with van der Waals surface area (Å²) in [5.74, 6) is 0.432. The van der Waals surface area contributed by atoms with Crippen LogP contribution in [-0.4, -0.2) is 48.9 Å². The quantitative estimate of drug-likeness (QED) is 0.843. The highest BCUT2D eigenvalue weighted by atomic mass is 16.6. The van der Waals surface area contributed by atoms with Crippen LogP contribution in [0.5, 0.6) is 0 Å². The van der Waals surface area contributed by atoms with Crippen molar-refractivity contribution >= 4 is 6.09 Å². The van der Waals surface area contributed by atoms with Gasteiger partial charge in [-0.3, -0.25) is 0 Å². The number of carbonyl (C=O) groups is 1. The summed E-state index contributed by atoms with van der Waals surface area (Å²) in [6.07, 6.45) is 6.03. The van der Waals surface area contributed by atoms with E-state index < -0.39 is 5.60 Å². The van der Waals surface area contributed by atoms with Crippen molar-refractivity contribution in [3.8, 4) is 0 Å². The third kappa shape index (κ3) is 5.41. The topological polar surface area (TPSA) is 50.8 Å². The van der Waals surface area contributed by atoms with Crippen LogP contribution >= 0.6 is 0 Å². The number of hydrogen-bond acceptors (Lipinski definition) is 4. The van der Waals surface area contributed by atoms with E-state index in [0.717, 1.165) is 51.9 Å². The Kier molecular flexibility index (Phi) is 6.33. The Labute approximate surface area is 140 Å². The highest BCUT2D eigenvalue weighted by Crippen LogP contribution is 2.28. The van der Waals surface area contributed by atoms with Gasteiger partial charge in [0.2, 0.25) is 0 Å². The van der Waals surface area contributed by atoms with Gasteiger partial charge in [-0.1, -0.05) is 6.92 Å². The zero-order valence-corrected chi connectivity index (χ0v) is 15.1. The molecule has 5 nitrogen and oxygen atoms in total. The first-order valence-corrected chi connectivity index (χ1v) is 8.92. The van der Waals surface area contributed by atoms with Gasteiger partial charge in [-0.15, -0.1) is 0 Å². The number of carbonyl (C=O) groups excluding carboxylic acids is 1. The van der Waals surface area contributed by atoms with Crippen molar-refractivity contribution in [2.45, 2.75) is 65.0 Å². The van der Waals surface area contributed by atoms with Crippen molar-refractivity contribution in [3.05, 3.63) is 11.8 Å². The molecule has 5 heteroatoms. The lowest BCUT2D eigenvalue weighted by molar-refractivity contribution is 0.0286. The third-order valence-electron chi connectivity index (χ3n) is 4.32. The Hall–Kier alpha value is -1.23. The van der Waals surface area contributed by atoms with Crippen molar-refractivity contribution in [3.63, 3.8) is 0 Å². The summed E-state index contributed by atoms with van der Waals surface area (Å²) in [5.41, 5.74) is 0.912. The molecule has 23 heavy (non-hydrogen) atoms. The van der Waals surface area contributed by atoms with Gasteiger partial charge < -0.3 is 19.7 Å².